The van der Waals surface area contributed by atoms with E-state index in [-0.39, 0.29) is 5.91 Å². The second-order valence-corrected chi connectivity index (χ2v) is 4.57. The fourth-order valence-corrected chi connectivity index (χ4v) is 1.70. The van der Waals surface area contributed by atoms with E-state index in [2.05, 4.69) is 5.32 Å². The van der Waals surface area contributed by atoms with E-state index in [0.29, 0.717) is 5.76 Å². The number of anilines is 1. The van der Waals surface area contributed by atoms with Gasteiger partial charge < -0.3 is 9.73 Å². The monoisotopic (exact) mass is 255 g/mol. The maximum absolute atomic E-state index is 11.7. The fourth-order valence-electron chi connectivity index (χ4n) is 1.70. The summed E-state index contributed by atoms with van der Waals surface area (Å²) in [5.74, 6) is 1.33. The van der Waals surface area contributed by atoms with Crippen molar-refractivity contribution in [2.75, 3.05) is 5.32 Å². The Morgan fingerprint density at radius 2 is 1.89 bits per heavy atom. The molecule has 0 saturated heterocycles. The second kappa shape index (κ2) is 5.57. The molecule has 19 heavy (non-hydrogen) atoms. The van der Waals surface area contributed by atoms with Crippen molar-refractivity contribution < 1.29 is 9.21 Å². The largest absolute Gasteiger partial charge is 0.462 e. The normalized spacial score (nSPS) is 10.9. The average Bonchev–Trinajstić information content (AvgIpc) is 2.77. The van der Waals surface area contributed by atoms with E-state index in [9.17, 15) is 4.79 Å². The van der Waals surface area contributed by atoms with Gasteiger partial charge in [0.25, 0.3) is 0 Å². The van der Waals surface area contributed by atoms with Gasteiger partial charge in [0.15, 0.2) is 0 Å². The zero-order valence-corrected chi connectivity index (χ0v) is 11.4. The van der Waals surface area contributed by atoms with Crippen LogP contribution in [0.1, 0.15) is 22.6 Å². The Labute approximate surface area is 112 Å². The first-order valence-electron chi connectivity index (χ1n) is 6.17. The number of hydrogen-bond acceptors (Lipinski definition) is 2. The third-order valence-electron chi connectivity index (χ3n) is 2.93. The van der Waals surface area contributed by atoms with Crippen molar-refractivity contribution >= 4 is 17.7 Å². The highest BCUT2D eigenvalue weighted by Gasteiger charge is 2.00. The predicted molar refractivity (Wildman–Crippen MR) is 77.0 cm³/mol. The Balaban J connectivity index is 2.01. The van der Waals surface area contributed by atoms with Crippen molar-refractivity contribution in [3.8, 4) is 0 Å². The van der Waals surface area contributed by atoms with Gasteiger partial charge in [-0.25, -0.2) is 0 Å². The lowest BCUT2D eigenvalue weighted by atomic mass is 10.1. The summed E-state index contributed by atoms with van der Waals surface area (Å²) in [5.41, 5.74) is 3.16. The van der Waals surface area contributed by atoms with Crippen LogP contribution in [0.3, 0.4) is 0 Å². The molecule has 1 aromatic carbocycles. The van der Waals surface area contributed by atoms with Gasteiger partial charge in [0.05, 0.1) is 0 Å². The Morgan fingerprint density at radius 3 is 2.53 bits per heavy atom. The minimum Gasteiger partial charge on any atom is -0.462 e. The molecule has 0 radical (unpaired) electrons. The van der Waals surface area contributed by atoms with Crippen LogP contribution in [0.25, 0.3) is 6.08 Å². The topological polar surface area (TPSA) is 42.2 Å². The van der Waals surface area contributed by atoms with Crippen molar-refractivity contribution in [1.82, 2.24) is 0 Å². The molecular formula is C16H17NO2. The third kappa shape index (κ3) is 3.58. The summed E-state index contributed by atoms with van der Waals surface area (Å²) >= 11 is 0. The molecule has 1 amide bonds. The standard InChI is InChI=1S/C16H17NO2/c1-11-4-6-14(10-12(11)2)17-16(18)9-8-15-7-5-13(3)19-15/h4-10H,1-3H3,(H,17,18)/b9-8+. The number of benzene rings is 1. The van der Waals surface area contributed by atoms with E-state index in [1.54, 1.807) is 6.08 Å². The van der Waals surface area contributed by atoms with Crippen LogP contribution in [-0.2, 0) is 4.79 Å². The summed E-state index contributed by atoms with van der Waals surface area (Å²) < 4.78 is 5.35. The highest BCUT2D eigenvalue weighted by molar-refractivity contribution is 6.01. The van der Waals surface area contributed by atoms with Crippen molar-refractivity contribution in [3.63, 3.8) is 0 Å². The van der Waals surface area contributed by atoms with Crippen LogP contribution in [0.4, 0.5) is 5.69 Å². The zero-order valence-electron chi connectivity index (χ0n) is 11.4. The molecule has 0 aliphatic rings. The van der Waals surface area contributed by atoms with Crippen LogP contribution >= 0.6 is 0 Å². The second-order valence-electron chi connectivity index (χ2n) is 4.57. The zero-order chi connectivity index (χ0) is 13.8. The van der Waals surface area contributed by atoms with Crippen LogP contribution in [0.2, 0.25) is 0 Å². The van der Waals surface area contributed by atoms with Gasteiger partial charge in [-0.05, 0) is 62.2 Å². The third-order valence-corrected chi connectivity index (χ3v) is 2.93. The molecule has 3 nitrogen and oxygen atoms in total. The van der Waals surface area contributed by atoms with Gasteiger partial charge in [0.1, 0.15) is 11.5 Å². The number of furan rings is 1. The number of rotatable bonds is 3. The van der Waals surface area contributed by atoms with Gasteiger partial charge >= 0.3 is 0 Å². The van der Waals surface area contributed by atoms with Crippen LogP contribution in [0.5, 0.6) is 0 Å². The summed E-state index contributed by atoms with van der Waals surface area (Å²) in [7, 11) is 0. The van der Waals surface area contributed by atoms with Gasteiger partial charge in [0.2, 0.25) is 5.91 Å². The minimum atomic E-state index is -0.169. The van der Waals surface area contributed by atoms with Crippen LogP contribution in [0, 0.1) is 20.8 Å². The molecule has 0 unspecified atom stereocenters. The maximum atomic E-state index is 11.7. The number of carbonyl (C=O) groups is 1. The molecular weight excluding hydrogens is 238 g/mol. The fraction of sp³-hybridized carbons (Fsp3) is 0.188. The quantitative estimate of drug-likeness (QED) is 0.846. The first-order chi connectivity index (χ1) is 9.04. The molecule has 2 rings (SSSR count). The minimum absolute atomic E-state index is 0.169. The van der Waals surface area contributed by atoms with Gasteiger partial charge in [-0.3, -0.25) is 4.79 Å². The Morgan fingerprint density at radius 1 is 1.11 bits per heavy atom. The number of nitrogens with one attached hydrogen (secondary N) is 1. The van der Waals surface area contributed by atoms with Gasteiger partial charge in [-0.1, -0.05) is 6.07 Å². The lowest BCUT2D eigenvalue weighted by Gasteiger charge is -2.05. The molecule has 1 aromatic heterocycles. The average molecular weight is 255 g/mol. The molecule has 0 saturated carbocycles. The van der Waals surface area contributed by atoms with Crippen molar-refractivity contribution in [2.45, 2.75) is 20.8 Å². The van der Waals surface area contributed by atoms with Gasteiger partial charge in [0, 0.05) is 11.8 Å². The maximum Gasteiger partial charge on any atom is 0.248 e. The smallest absolute Gasteiger partial charge is 0.248 e. The SMILES string of the molecule is Cc1ccc(/C=C/C(=O)Nc2ccc(C)c(C)c2)o1. The van der Waals surface area contributed by atoms with E-state index in [1.165, 1.54) is 11.6 Å². The first kappa shape index (κ1) is 13.1. The van der Waals surface area contributed by atoms with E-state index in [0.717, 1.165) is 17.0 Å². The predicted octanol–water partition coefficient (Wildman–Crippen LogP) is 3.86. The van der Waals surface area contributed by atoms with E-state index in [1.807, 2.05) is 51.1 Å². The highest BCUT2D eigenvalue weighted by atomic mass is 16.3. The highest BCUT2D eigenvalue weighted by Crippen LogP contribution is 2.14. The Kier molecular flexibility index (Phi) is 3.85. The molecule has 0 atom stereocenters. The van der Waals surface area contributed by atoms with Crippen LogP contribution < -0.4 is 5.32 Å². The van der Waals surface area contributed by atoms with Crippen LogP contribution in [-0.4, -0.2) is 5.91 Å². The summed E-state index contributed by atoms with van der Waals surface area (Å²) in [6.45, 7) is 5.93. The molecule has 98 valence electrons. The summed E-state index contributed by atoms with van der Waals surface area (Å²) in [6, 6.07) is 9.53. The Bertz CT molecular complexity index is 623. The molecule has 2 aromatic rings. The number of hydrogen-bond donors (Lipinski definition) is 1. The summed E-state index contributed by atoms with van der Waals surface area (Å²) in [6.07, 6.45) is 3.12. The summed E-state index contributed by atoms with van der Waals surface area (Å²) in [4.78, 5) is 11.7. The van der Waals surface area contributed by atoms with Gasteiger partial charge in [-0.15, -0.1) is 0 Å². The molecule has 1 N–H and O–H groups in total. The number of carbonyl (C=O) groups excluding carboxylic acids is 1. The van der Waals surface area contributed by atoms with E-state index >= 15 is 0 Å². The van der Waals surface area contributed by atoms with E-state index < -0.39 is 0 Å². The Hall–Kier alpha value is -2.29. The van der Waals surface area contributed by atoms with Crippen LogP contribution in [0.15, 0.2) is 40.8 Å². The van der Waals surface area contributed by atoms with Crippen molar-refractivity contribution in [2.24, 2.45) is 0 Å². The number of aryl methyl sites for hydroxylation is 3. The van der Waals surface area contributed by atoms with Gasteiger partial charge in [-0.2, -0.15) is 0 Å². The van der Waals surface area contributed by atoms with Crippen molar-refractivity contribution in [3.05, 3.63) is 59.1 Å². The lowest BCUT2D eigenvalue weighted by molar-refractivity contribution is -0.111. The van der Waals surface area contributed by atoms with E-state index in [4.69, 9.17) is 4.42 Å². The van der Waals surface area contributed by atoms with Crippen molar-refractivity contribution in [1.29, 1.82) is 0 Å². The molecule has 0 spiro atoms. The molecule has 0 bridgehead atoms. The summed E-state index contributed by atoms with van der Waals surface area (Å²) in [5, 5.41) is 2.82. The molecule has 0 aliphatic heterocycles. The lowest BCUT2D eigenvalue weighted by Crippen LogP contribution is -2.07. The molecule has 0 aliphatic carbocycles. The molecule has 1 heterocycles. The first-order valence-corrected chi connectivity index (χ1v) is 6.17. The molecule has 3 heteroatoms. The number of amides is 1. The molecule has 0 fully saturated rings.